The zero-order valence-electron chi connectivity index (χ0n) is 8.29. The first-order valence-corrected chi connectivity index (χ1v) is 4.54. The first kappa shape index (κ1) is 9.93. The highest BCUT2D eigenvalue weighted by Crippen LogP contribution is 2.23. The third-order valence-corrected chi connectivity index (χ3v) is 1.87. The number of nitriles is 1. The van der Waals surface area contributed by atoms with Gasteiger partial charge >= 0.3 is 6.01 Å². The van der Waals surface area contributed by atoms with Crippen LogP contribution in [0.4, 0.5) is 5.69 Å². The van der Waals surface area contributed by atoms with Gasteiger partial charge in [-0.25, -0.2) is 9.97 Å². The molecule has 0 aliphatic heterocycles. The lowest BCUT2D eigenvalue weighted by molar-refractivity contribution is 0.440. The lowest BCUT2D eigenvalue weighted by Crippen LogP contribution is -1.94. The molecule has 0 spiro atoms. The smallest absolute Gasteiger partial charge is 0.321 e. The van der Waals surface area contributed by atoms with Crippen molar-refractivity contribution in [1.82, 2.24) is 9.97 Å². The van der Waals surface area contributed by atoms with E-state index in [2.05, 4.69) is 9.97 Å². The lowest BCUT2D eigenvalue weighted by Gasteiger charge is -2.05. The van der Waals surface area contributed by atoms with Crippen molar-refractivity contribution in [2.75, 3.05) is 5.73 Å². The van der Waals surface area contributed by atoms with Crippen molar-refractivity contribution < 1.29 is 4.74 Å². The lowest BCUT2D eigenvalue weighted by atomic mass is 10.2. The molecule has 0 unspecified atom stereocenters. The Morgan fingerprint density at radius 3 is 2.69 bits per heavy atom. The van der Waals surface area contributed by atoms with Gasteiger partial charge < -0.3 is 10.5 Å². The summed E-state index contributed by atoms with van der Waals surface area (Å²) in [7, 11) is 0. The van der Waals surface area contributed by atoms with Crippen molar-refractivity contribution in [3.63, 3.8) is 0 Å². The Balaban J connectivity index is 2.32. The first-order valence-electron chi connectivity index (χ1n) is 4.54. The van der Waals surface area contributed by atoms with Crippen molar-refractivity contribution in [2.24, 2.45) is 0 Å². The van der Waals surface area contributed by atoms with E-state index in [1.165, 1.54) is 6.07 Å². The number of hydrogen-bond donors (Lipinski definition) is 1. The van der Waals surface area contributed by atoms with Gasteiger partial charge in [0.1, 0.15) is 11.8 Å². The summed E-state index contributed by atoms with van der Waals surface area (Å²) in [5, 5.41) is 8.89. The molecular weight excluding hydrogens is 204 g/mol. The van der Waals surface area contributed by atoms with Gasteiger partial charge in [0.25, 0.3) is 0 Å². The zero-order valence-corrected chi connectivity index (χ0v) is 8.29. The molecule has 16 heavy (non-hydrogen) atoms. The quantitative estimate of drug-likeness (QED) is 0.766. The van der Waals surface area contributed by atoms with Crippen LogP contribution in [-0.4, -0.2) is 9.97 Å². The largest absolute Gasteiger partial charge is 0.423 e. The molecule has 1 aromatic carbocycles. The van der Waals surface area contributed by atoms with Gasteiger partial charge in [0.15, 0.2) is 0 Å². The van der Waals surface area contributed by atoms with E-state index in [9.17, 15) is 0 Å². The summed E-state index contributed by atoms with van der Waals surface area (Å²) < 4.78 is 5.36. The van der Waals surface area contributed by atoms with Gasteiger partial charge in [-0.15, -0.1) is 0 Å². The van der Waals surface area contributed by atoms with Gasteiger partial charge in [0, 0.05) is 18.1 Å². The minimum absolute atomic E-state index is 0.198. The van der Waals surface area contributed by atoms with Crippen LogP contribution in [0.2, 0.25) is 0 Å². The minimum Gasteiger partial charge on any atom is -0.423 e. The third kappa shape index (κ3) is 2.07. The van der Waals surface area contributed by atoms with Crippen LogP contribution in [0.5, 0.6) is 11.8 Å². The topological polar surface area (TPSA) is 84.8 Å². The molecule has 5 heteroatoms. The number of benzene rings is 1. The van der Waals surface area contributed by atoms with E-state index < -0.39 is 0 Å². The Bertz CT molecular complexity index is 533. The van der Waals surface area contributed by atoms with E-state index in [0.29, 0.717) is 17.0 Å². The van der Waals surface area contributed by atoms with Crippen LogP contribution < -0.4 is 10.5 Å². The molecule has 2 N–H and O–H groups in total. The molecular formula is C11H8N4O. The molecule has 0 radical (unpaired) electrons. The molecule has 0 atom stereocenters. The van der Waals surface area contributed by atoms with Crippen LogP contribution in [0.1, 0.15) is 5.56 Å². The SMILES string of the molecule is N#Cc1cc(N)ccc1Oc1ncccn1. The number of hydrogen-bond acceptors (Lipinski definition) is 5. The van der Waals surface area contributed by atoms with Crippen LogP contribution in [-0.2, 0) is 0 Å². The zero-order chi connectivity index (χ0) is 11.4. The molecule has 0 amide bonds. The molecule has 0 fully saturated rings. The number of nitrogens with two attached hydrogens (primary N) is 1. The standard InChI is InChI=1S/C11H8N4O/c12-7-8-6-9(13)2-3-10(8)16-11-14-4-1-5-15-11/h1-6H,13H2. The predicted octanol–water partition coefficient (Wildman–Crippen LogP) is 1.72. The molecule has 0 saturated carbocycles. The molecule has 2 rings (SSSR count). The maximum absolute atomic E-state index is 8.89. The van der Waals surface area contributed by atoms with Gasteiger partial charge in [-0.3, -0.25) is 0 Å². The average Bonchev–Trinajstić information content (AvgIpc) is 2.33. The maximum atomic E-state index is 8.89. The number of nitrogens with zero attached hydrogens (tertiary/aromatic N) is 3. The summed E-state index contributed by atoms with van der Waals surface area (Å²) in [5.41, 5.74) is 6.42. The fourth-order valence-corrected chi connectivity index (χ4v) is 1.16. The number of anilines is 1. The normalized spacial score (nSPS) is 9.44. The number of rotatable bonds is 2. The monoisotopic (exact) mass is 212 g/mol. The molecule has 5 nitrogen and oxygen atoms in total. The second-order valence-electron chi connectivity index (χ2n) is 3.00. The molecule has 2 aromatic rings. The van der Waals surface area contributed by atoms with Crippen LogP contribution in [0, 0.1) is 11.3 Å². The summed E-state index contributed by atoms with van der Waals surface area (Å²) in [6.45, 7) is 0. The van der Waals surface area contributed by atoms with Gasteiger partial charge in [-0.2, -0.15) is 5.26 Å². The van der Waals surface area contributed by atoms with Crippen molar-refractivity contribution in [3.05, 3.63) is 42.2 Å². The Morgan fingerprint density at radius 1 is 1.25 bits per heavy atom. The highest BCUT2D eigenvalue weighted by Gasteiger charge is 2.06. The van der Waals surface area contributed by atoms with Crippen LogP contribution in [0.3, 0.4) is 0 Å². The van der Waals surface area contributed by atoms with Gasteiger partial charge in [0.2, 0.25) is 0 Å². The first-order chi connectivity index (χ1) is 7.79. The van der Waals surface area contributed by atoms with Crippen LogP contribution in [0.25, 0.3) is 0 Å². The highest BCUT2D eigenvalue weighted by molar-refractivity contribution is 5.53. The van der Waals surface area contributed by atoms with E-state index in [-0.39, 0.29) is 6.01 Å². The summed E-state index contributed by atoms with van der Waals surface area (Å²) in [6.07, 6.45) is 3.12. The Morgan fingerprint density at radius 2 is 2.00 bits per heavy atom. The van der Waals surface area contributed by atoms with Crippen molar-refractivity contribution in [2.45, 2.75) is 0 Å². The van der Waals surface area contributed by atoms with Crippen LogP contribution >= 0.6 is 0 Å². The number of ether oxygens (including phenoxy) is 1. The minimum atomic E-state index is 0.198. The predicted molar refractivity (Wildman–Crippen MR) is 57.7 cm³/mol. The van der Waals surface area contributed by atoms with Gasteiger partial charge in [-0.05, 0) is 24.3 Å². The summed E-state index contributed by atoms with van der Waals surface area (Å²) in [4.78, 5) is 7.80. The van der Waals surface area contributed by atoms with Gasteiger partial charge in [-0.1, -0.05) is 0 Å². The van der Waals surface area contributed by atoms with E-state index >= 15 is 0 Å². The van der Waals surface area contributed by atoms with Crippen LogP contribution in [0.15, 0.2) is 36.7 Å². The maximum Gasteiger partial charge on any atom is 0.321 e. The molecule has 0 aliphatic carbocycles. The molecule has 1 aromatic heterocycles. The Kier molecular flexibility index (Phi) is 2.65. The fourth-order valence-electron chi connectivity index (χ4n) is 1.16. The summed E-state index contributed by atoms with van der Waals surface area (Å²) in [5.74, 6) is 0.392. The van der Waals surface area contributed by atoms with Crippen molar-refractivity contribution >= 4 is 5.69 Å². The molecule has 0 saturated heterocycles. The van der Waals surface area contributed by atoms with Crippen molar-refractivity contribution in [1.29, 1.82) is 5.26 Å². The van der Waals surface area contributed by atoms with Crippen molar-refractivity contribution in [3.8, 4) is 17.8 Å². The van der Waals surface area contributed by atoms with E-state index in [1.807, 2.05) is 6.07 Å². The molecule has 1 heterocycles. The Hall–Kier alpha value is -2.61. The summed E-state index contributed by atoms with van der Waals surface area (Å²) in [6, 6.07) is 8.68. The number of aromatic nitrogens is 2. The second-order valence-corrected chi connectivity index (χ2v) is 3.00. The molecule has 0 aliphatic rings. The van der Waals surface area contributed by atoms with E-state index in [4.69, 9.17) is 15.7 Å². The number of nitrogen functional groups attached to an aromatic ring is 1. The molecule has 0 bridgehead atoms. The van der Waals surface area contributed by atoms with E-state index in [0.717, 1.165) is 0 Å². The molecule has 78 valence electrons. The van der Waals surface area contributed by atoms with Gasteiger partial charge in [0.05, 0.1) is 5.56 Å². The Labute approximate surface area is 92.1 Å². The average molecular weight is 212 g/mol. The fraction of sp³-hybridized carbons (Fsp3) is 0. The third-order valence-electron chi connectivity index (χ3n) is 1.87. The van der Waals surface area contributed by atoms with E-state index in [1.54, 1.807) is 30.6 Å². The highest BCUT2D eigenvalue weighted by atomic mass is 16.5. The summed E-state index contributed by atoms with van der Waals surface area (Å²) >= 11 is 0. The second kappa shape index (κ2) is 4.28.